The summed E-state index contributed by atoms with van der Waals surface area (Å²) in [5.74, 6) is 4.70. The molecular weight excluding hydrogens is 612 g/mol. The van der Waals surface area contributed by atoms with Gasteiger partial charge < -0.3 is 25.2 Å². The van der Waals surface area contributed by atoms with Gasteiger partial charge in [-0.3, -0.25) is 0 Å². The second-order valence-electron chi connectivity index (χ2n) is 9.09. The van der Waals surface area contributed by atoms with Crippen molar-refractivity contribution in [2.24, 2.45) is 0 Å². The molecule has 0 unspecified atom stereocenters. The van der Waals surface area contributed by atoms with Crippen LogP contribution in [0.15, 0.2) is 54.9 Å². The van der Waals surface area contributed by atoms with Crippen molar-refractivity contribution in [3.8, 4) is 17.6 Å². The molecule has 2 aromatic heterocycles. The highest BCUT2D eigenvalue weighted by molar-refractivity contribution is 7.19. The molecule has 0 radical (unpaired) electrons. The number of ether oxygens (including phenoxy) is 2. The summed E-state index contributed by atoms with van der Waals surface area (Å²) >= 11 is 7.98. The topological polar surface area (TPSA) is 106 Å². The molecule has 226 valence electrons. The number of anilines is 2. The zero-order valence-corrected chi connectivity index (χ0v) is 24.1. The molecule has 0 bridgehead atoms. The summed E-state index contributed by atoms with van der Waals surface area (Å²) in [6.45, 7) is 3.77. The quantitative estimate of drug-likeness (QED) is 0.155. The Morgan fingerprint density at radius 2 is 2.02 bits per heavy atom. The third-order valence-electron chi connectivity index (χ3n) is 5.91. The zero-order chi connectivity index (χ0) is 31.0. The van der Waals surface area contributed by atoms with Crippen LogP contribution < -0.4 is 15.4 Å². The highest BCUT2D eigenvalue weighted by atomic mass is 35.5. The van der Waals surface area contributed by atoms with E-state index in [1.807, 2.05) is 19.1 Å². The molecule has 1 saturated heterocycles. The maximum Gasteiger partial charge on any atom is 0.490 e. The van der Waals surface area contributed by atoms with E-state index in [4.69, 9.17) is 31.0 Å². The van der Waals surface area contributed by atoms with Gasteiger partial charge >= 0.3 is 12.1 Å². The van der Waals surface area contributed by atoms with Crippen molar-refractivity contribution in [2.75, 3.05) is 18.5 Å². The van der Waals surface area contributed by atoms with Gasteiger partial charge in [0, 0.05) is 25.3 Å². The minimum Gasteiger partial charge on any atom is -0.487 e. The number of hydrogen-bond donors (Lipinski definition) is 3. The van der Waals surface area contributed by atoms with Gasteiger partial charge in [0.15, 0.2) is 0 Å². The van der Waals surface area contributed by atoms with E-state index in [-0.39, 0.29) is 24.6 Å². The summed E-state index contributed by atoms with van der Waals surface area (Å²) in [6, 6.07) is 13.8. The number of hydrogen-bond acceptors (Lipinski definition) is 8. The Morgan fingerprint density at radius 1 is 1.23 bits per heavy atom. The Labute approximate surface area is 253 Å². The first-order valence-corrected chi connectivity index (χ1v) is 14.1. The maximum atomic E-state index is 13.4. The summed E-state index contributed by atoms with van der Waals surface area (Å²) in [6.07, 6.45) is -2.44. The van der Waals surface area contributed by atoms with Crippen LogP contribution in [0.1, 0.15) is 23.8 Å². The van der Waals surface area contributed by atoms with Gasteiger partial charge in [0.05, 0.1) is 27.4 Å². The molecule has 14 heteroatoms. The maximum absolute atomic E-state index is 13.4. The van der Waals surface area contributed by atoms with Crippen molar-refractivity contribution < 1.29 is 36.9 Å². The molecule has 0 spiro atoms. The van der Waals surface area contributed by atoms with Crippen LogP contribution in [0.4, 0.5) is 29.1 Å². The van der Waals surface area contributed by atoms with Crippen LogP contribution in [0.25, 0.3) is 10.2 Å². The predicted octanol–water partition coefficient (Wildman–Crippen LogP) is 6.56. The summed E-state index contributed by atoms with van der Waals surface area (Å²) in [4.78, 5) is 19.5. The first kappa shape index (κ1) is 32.0. The van der Waals surface area contributed by atoms with Crippen LogP contribution in [-0.2, 0) is 16.1 Å². The van der Waals surface area contributed by atoms with E-state index in [9.17, 15) is 17.6 Å². The second kappa shape index (κ2) is 14.5. The molecule has 2 aromatic carbocycles. The highest BCUT2D eigenvalue weighted by Crippen LogP contribution is 2.33. The number of aromatic nitrogens is 2. The highest BCUT2D eigenvalue weighted by Gasteiger charge is 2.38. The molecule has 1 aliphatic heterocycles. The van der Waals surface area contributed by atoms with Gasteiger partial charge in [-0.25, -0.2) is 19.2 Å². The standard InChI is InChI=1S/C27H24ClFN4O2S.C2HF3O2/c1-2-34-21-11-19(30-14-21)6-8-22-13-23-26(31-16-32-27(23)36-22)33-20-7-9-25(24(28)12-20)35-15-17-4-3-5-18(29)10-17;3-2(4,5)1(6)7/h3-5,7,9-10,12-13,16,19,21,30H,2,11,14-15H2,1H3,(H,31,32,33);(H,6,7)/t19-,21-;/m1./s1. The van der Waals surface area contributed by atoms with Gasteiger partial charge in [-0.2, -0.15) is 13.2 Å². The Kier molecular flexibility index (Phi) is 10.8. The van der Waals surface area contributed by atoms with E-state index in [1.165, 1.54) is 29.8 Å². The fraction of sp³-hybridized carbons (Fsp3) is 0.276. The van der Waals surface area contributed by atoms with Crippen LogP contribution in [-0.4, -0.2) is 52.5 Å². The van der Waals surface area contributed by atoms with E-state index < -0.39 is 12.1 Å². The number of carbonyl (C=O) groups is 1. The Balaban J connectivity index is 0.000000541. The number of carboxylic acid groups (broad SMARTS) is 1. The molecule has 4 aromatic rings. The molecule has 1 fully saturated rings. The third-order valence-corrected chi connectivity index (χ3v) is 7.17. The largest absolute Gasteiger partial charge is 0.490 e. The number of nitrogens with one attached hydrogen (secondary N) is 2. The Morgan fingerprint density at radius 3 is 2.72 bits per heavy atom. The molecule has 0 amide bonds. The first-order valence-electron chi connectivity index (χ1n) is 12.9. The smallest absolute Gasteiger partial charge is 0.487 e. The Hall–Kier alpha value is -3.96. The van der Waals surface area contributed by atoms with Gasteiger partial charge in [-0.05, 0) is 48.9 Å². The minimum absolute atomic E-state index is 0.124. The van der Waals surface area contributed by atoms with E-state index in [0.29, 0.717) is 23.2 Å². The molecule has 3 heterocycles. The van der Waals surface area contributed by atoms with Crippen LogP contribution in [0, 0.1) is 17.7 Å². The molecule has 5 rings (SSSR count). The number of halogens is 5. The Bertz CT molecular complexity index is 1640. The van der Waals surface area contributed by atoms with Gasteiger partial charge in [-0.15, -0.1) is 11.3 Å². The lowest BCUT2D eigenvalue weighted by Gasteiger charge is -2.11. The van der Waals surface area contributed by atoms with Crippen molar-refractivity contribution in [1.29, 1.82) is 0 Å². The number of fused-ring (bicyclic) bond motifs is 1. The van der Waals surface area contributed by atoms with E-state index >= 15 is 0 Å². The number of aliphatic carboxylic acids is 1. The molecule has 0 saturated carbocycles. The number of thiophene rings is 1. The molecule has 2 atom stereocenters. The van der Waals surface area contributed by atoms with Gasteiger partial charge in [0.2, 0.25) is 0 Å². The van der Waals surface area contributed by atoms with Crippen LogP contribution in [0.2, 0.25) is 5.02 Å². The number of carboxylic acids is 1. The number of rotatable bonds is 7. The van der Waals surface area contributed by atoms with Crippen molar-refractivity contribution >= 4 is 50.6 Å². The lowest BCUT2D eigenvalue weighted by Crippen LogP contribution is -2.21. The molecule has 0 aliphatic carbocycles. The van der Waals surface area contributed by atoms with E-state index in [2.05, 4.69) is 32.4 Å². The molecule has 43 heavy (non-hydrogen) atoms. The lowest BCUT2D eigenvalue weighted by molar-refractivity contribution is -0.192. The van der Waals surface area contributed by atoms with Gasteiger partial charge in [0.25, 0.3) is 0 Å². The summed E-state index contributed by atoms with van der Waals surface area (Å²) in [7, 11) is 0. The summed E-state index contributed by atoms with van der Waals surface area (Å²) < 4.78 is 56.6. The lowest BCUT2D eigenvalue weighted by atomic mass is 10.2. The number of nitrogens with zero attached hydrogens (tertiary/aromatic N) is 2. The molecule has 1 aliphatic rings. The van der Waals surface area contributed by atoms with Crippen molar-refractivity contribution in [1.82, 2.24) is 15.3 Å². The van der Waals surface area contributed by atoms with Gasteiger partial charge in [-0.1, -0.05) is 35.6 Å². The monoisotopic (exact) mass is 636 g/mol. The van der Waals surface area contributed by atoms with Crippen molar-refractivity contribution in [2.45, 2.75) is 38.3 Å². The number of alkyl halides is 3. The van der Waals surface area contributed by atoms with Crippen LogP contribution in [0.3, 0.4) is 0 Å². The fourth-order valence-electron chi connectivity index (χ4n) is 3.97. The normalized spacial score (nSPS) is 16.1. The van der Waals surface area contributed by atoms with Crippen molar-refractivity contribution in [3.63, 3.8) is 0 Å². The first-order chi connectivity index (χ1) is 20.5. The van der Waals surface area contributed by atoms with Crippen LogP contribution in [0.5, 0.6) is 5.75 Å². The SMILES string of the molecule is CCO[C@H]1CN[C@H](C#Cc2cc3c(Nc4ccc(OCc5cccc(F)c5)c(Cl)c4)ncnc3s2)C1.O=C(O)C(F)(F)F. The summed E-state index contributed by atoms with van der Waals surface area (Å²) in [5.41, 5.74) is 1.49. The predicted molar refractivity (Wildman–Crippen MR) is 155 cm³/mol. The average molecular weight is 637 g/mol. The fourth-order valence-corrected chi connectivity index (χ4v) is 5.07. The zero-order valence-electron chi connectivity index (χ0n) is 22.5. The van der Waals surface area contributed by atoms with Crippen LogP contribution >= 0.6 is 22.9 Å². The number of benzene rings is 2. The second-order valence-corrected chi connectivity index (χ2v) is 10.5. The minimum atomic E-state index is -5.08. The summed E-state index contributed by atoms with van der Waals surface area (Å²) in [5, 5.41) is 15.2. The van der Waals surface area contributed by atoms with E-state index in [0.717, 1.165) is 39.3 Å². The third kappa shape index (κ3) is 9.26. The average Bonchev–Trinajstić information content (AvgIpc) is 3.59. The van der Waals surface area contributed by atoms with E-state index in [1.54, 1.807) is 24.3 Å². The van der Waals surface area contributed by atoms with Crippen molar-refractivity contribution in [3.05, 3.63) is 76.1 Å². The van der Waals surface area contributed by atoms with Gasteiger partial charge in [0.1, 0.15) is 35.1 Å². The molecule has 8 nitrogen and oxygen atoms in total. The molecular formula is C29H25ClF4N4O4S. The molecule has 3 N–H and O–H groups in total.